The lowest BCUT2D eigenvalue weighted by Gasteiger charge is -2.10. The van der Waals surface area contributed by atoms with Gasteiger partial charge in [-0.05, 0) is 12.1 Å². The molecule has 0 N–H and O–H groups in total. The van der Waals surface area contributed by atoms with Crippen molar-refractivity contribution in [2.75, 3.05) is 14.2 Å². The predicted molar refractivity (Wildman–Crippen MR) is 91.0 cm³/mol. The van der Waals surface area contributed by atoms with Crippen molar-refractivity contribution in [3.63, 3.8) is 0 Å². The van der Waals surface area contributed by atoms with Crippen molar-refractivity contribution in [2.45, 2.75) is 20.4 Å². The fourth-order valence-corrected chi connectivity index (χ4v) is 2.12. The van der Waals surface area contributed by atoms with Crippen LogP contribution in [0, 0.1) is 5.95 Å². The molecule has 132 valence electrons. The quantitative estimate of drug-likeness (QED) is 0.662. The van der Waals surface area contributed by atoms with Gasteiger partial charge in [0.15, 0.2) is 5.82 Å². The Hall–Kier alpha value is -3.03. The number of hydrogen-bond acceptors (Lipinski definition) is 6. The summed E-state index contributed by atoms with van der Waals surface area (Å²) < 4.78 is 25.4. The van der Waals surface area contributed by atoms with E-state index in [9.17, 15) is 4.39 Å². The summed E-state index contributed by atoms with van der Waals surface area (Å²) in [6, 6.07) is 4.57. The van der Waals surface area contributed by atoms with Crippen LogP contribution in [0.25, 0.3) is 11.5 Å². The van der Waals surface area contributed by atoms with Crippen LogP contribution in [0.4, 0.5) is 4.39 Å². The summed E-state index contributed by atoms with van der Waals surface area (Å²) in [7, 11) is 3.02. The Balaban J connectivity index is 0.00000109. The third-order valence-corrected chi connectivity index (χ3v) is 3.17. The maximum Gasteiger partial charge on any atom is 0.240 e. The van der Waals surface area contributed by atoms with E-state index in [4.69, 9.17) is 9.47 Å². The standard InChI is InChI=1S/C15H14FN5O2.C2H6/c1-22-13-8-18-11(15(20-13)23-2)9-21-7-6-17-14(21)10-4-3-5-12(16)19-10;1-2/h3-8H,9H2,1-2H3;1-2H3. The number of hydrogen-bond donors (Lipinski definition) is 0. The summed E-state index contributed by atoms with van der Waals surface area (Å²) in [6.45, 7) is 4.35. The highest BCUT2D eigenvalue weighted by Gasteiger charge is 2.13. The third-order valence-electron chi connectivity index (χ3n) is 3.17. The minimum absolute atomic E-state index is 0.355. The number of pyridine rings is 1. The summed E-state index contributed by atoms with van der Waals surface area (Å²) >= 11 is 0. The zero-order valence-electron chi connectivity index (χ0n) is 14.6. The van der Waals surface area contributed by atoms with Crippen molar-refractivity contribution in [3.8, 4) is 23.3 Å². The van der Waals surface area contributed by atoms with E-state index in [0.29, 0.717) is 35.5 Å². The van der Waals surface area contributed by atoms with Gasteiger partial charge in [-0.2, -0.15) is 9.37 Å². The average Bonchev–Trinajstić information content (AvgIpc) is 3.12. The molecule has 0 bridgehead atoms. The van der Waals surface area contributed by atoms with Gasteiger partial charge in [0.2, 0.25) is 17.7 Å². The second-order valence-electron chi connectivity index (χ2n) is 4.59. The van der Waals surface area contributed by atoms with Crippen LogP contribution in [0.15, 0.2) is 36.8 Å². The van der Waals surface area contributed by atoms with E-state index in [1.807, 2.05) is 13.8 Å². The number of methoxy groups -OCH3 is 2. The molecule has 3 rings (SSSR count). The first-order valence-electron chi connectivity index (χ1n) is 7.79. The summed E-state index contributed by atoms with van der Waals surface area (Å²) in [6.07, 6.45) is 4.88. The summed E-state index contributed by atoms with van der Waals surface area (Å²) in [5.41, 5.74) is 1.04. The van der Waals surface area contributed by atoms with Crippen LogP contribution in [-0.4, -0.2) is 38.7 Å². The largest absolute Gasteiger partial charge is 0.480 e. The second kappa shape index (κ2) is 8.72. The Kier molecular flexibility index (Phi) is 6.39. The second-order valence-corrected chi connectivity index (χ2v) is 4.59. The van der Waals surface area contributed by atoms with Crippen LogP contribution >= 0.6 is 0 Å². The summed E-state index contributed by atoms with van der Waals surface area (Å²) in [5, 5.41) is 0. The monoisotopic (exact) mass is 345 g/mol. The molecular formula is C17H20FN5O2. The van der Waals surface area contributed by atoms with Gasteiger partial charge in [0.05, 0.1) is 27.0 Å². The first-order valence-corrected chi connectivity index (χ1v) is 7.79. The van der Waals surface area contributed by atoms with E-state index in [0.717, 1.165) is 0 Å². The van der Waals surface area contributed by atoms with Crippen molar-refractivity contribution in [1.29, 1.82) is 0 Å². The maximum atomic E-state index is 13.3. The van der Waals surface area contributed by atoms with Crippen LogP contribution in [0.3, 0.4) is 0 Å². The van der Waals surface area contributed by atoms with E-state index < -0.39 is 5.95 Å². The van der Waals surface area contributed by atoms with Crippen molar-refractivity contribution in [3.05, 3.63) is 48.4 Å². The van der Waals surface area contributed by atoms with E-state index in [1.54, 1.807) is 29.1 Å². The molecular weight excluding hydrogens is 325 g/mol. The smallest absolute Gasteiger partial charge is 0.240 e. The molecule has 0 aliphatic carbocycles. The van der Waals surface area contributed by atoms with Crippen LogP contribution < -0.4 is 9.47 Å². The first-order chi connectivity index (χ1) is 12.2. The number of ether oxygens (including phenoxy) is 2. The van der Waals surface area contributed by atoms with Crippen LogP contribution in [0.2, 0.25) is 0 Å². The lowest BCUT2D eigenvalue weighted by molar-refractivity contribution is 0.355. The summed E-state index contributed by atoms with van der Waals surface area (Å²) in [5.74, 6) is 0.697. The molecule has 0 aliphatic heterocycles. The molecule has 0 atom stereocenters. The predicted octanol–water partition coefficient (Wildman–Crippen LogP) is 2.97. The van der Waals surface area contributed by atoms with Gasteiger partial charge in [0, 0.05) is 12.4 Å². The molecule has 0 aliphatic rings. The number of rotatable bonds is 5. The van der Waals surface area contributed by atoms with Crippen molar-refractivity contribution < 1.29 is 13.9 Å². The minimum atomic E-state index is -0.557. The Morgan fingerprint density at radius 2 is 1.88 bits per heavy atom. The van der Waals surface area contributed by atoms with Crippen molar-refractivity contribution in [2.24, 2.45) is 0 Å². The molecule has 0 amide bonds. The highest BCUT2D eigenvalue weighted by molar-refractivity contribution is 5.49. The Morgan fingerprint density at radius 1 is 1.08 bits per heavy atom. The van der Waals surface area contributed by atoms with E-state index in [1.165, 1.54) is 26.5 Å². The zero-order valence-corrected chi connectivity index (χ0v) is 14.6. The molecule has 0 aromatic carbocycles. The van der Waals surface area contributed by atoms with Gasteiger partial charge in [0.25, 0.3) is 0 Å². The molecule has 8 heteroatoms. The first kappa shape index (κ1) is 18.3. The van der Waals surface area contributed by atoms with Crippen LogP contribution in [0.1, 0.15) is 19.5 Å². The molecule has 0 radical (unpaired) electrons. The van der Waals surface area contributed by atoms with Crippen molar-refractivity contribution >= 4 is 0 Å². The molecule has 3 aromatic rings. The van der Waals surface area contributed by atoms with Gasteiger partial charge < -0.3 is 14.0 Å². The number of nitrogens with zero attached hydrogens (tertiary/aromatic N) is 5. The van der Waals surface area contributed by atoms with Gasteiger partial charge >= 0.3 is 0 Å². The van der Waals surface area contributed by atoms with Crippen LogP contribution in [-0.2, 0) is 6.54 Å². The SMILES string of the molecule is CC.COc1cnc(Cn2ccnc2-c2cccc(F)n2)c(OC)n1. The van der Waals surface area contributed by atoms with Crippen molar-refractivity contribution in [1.82, 2.24) is 24.5 Å². The Bertz CT molecular complexity index is 822. The number of aromatic nitrogens is 5. The Labute approximate surface area is 145 Å². The zero-order chi connectivity index (χ0) is 18.2. The molecule has 3 heterocycles. The van der Waals surface area contributed by atoms with Crippen LogP contribution in [0.5, 0.6) is 11.8 Å². The van der Waals surface area contributed by atoms with E-state index in [-0.39, 0.29) is 0 Å². The topological polar surface area (TPSA) is 75.0 Å². The average molecular weight is 345 g/mol. The molecule has 0 unspecified atom stereocenters. The lowest BCUT2D eigenvalue weighted by atomic mass is 10.3. The molecule has 0 saturated carbocycles. The highest BCUT2D eigenvalue weighted by atomic mass is 19.1. The molecule has 7 nitrogen and oxygen atoms in total. The normalized spacial score (nSPS) is 9.96. The maximum absolute atomic E-state index is 13.3. The molecule has 25 heavy (non-hydrogen) atoms. The molecule has 0 fully saturated rings. The lowest BCUT2D eigenvalue weighted by Crippen LogP contribution is -2.07. The highest BCUT2D eigenvalue weighted by Crippen LogP contribution is 2.21. The van der Waals surface area contributed by atoms with E-state index >= 15 is 0 Å². The van der Waals surface area contributed by atoms with Gasteiger partial charge in [-0.3, -0.25) is 0 Å². The van der Waals surface area contributed by atoms with Gasteiger partial charge in [-0.15, -0.1) is 0 Å². The third kappa shape index (κ3) is 4.28. The molecule has 0 spiro atoms. The van der Waals surface area contributed by atoms with Gasteiger partial charge in [-0.25, -0.2) is 15.0 Å². The number of halogens is 1. The summed E-state index contributed by atoms with van der Waals surface area (Å²) in [4.78, 5) is 16.6. The number of imidazole rings is 1. The van der Waals surface area contributed by atoms with Gasteiger partial charge in [-0.1, -0.05) is 19.9 Å². The molecule has 3 aromatic heterocycles. The fraction of sp³-hybridized carbons (Fsp3) is 0.294. The Morgan fingerprint density at radius 3 is 2.56 bits per heavy atom. The fourth-order valence-electron chi connectivity index (χ4n) is 2.12. The van der Waals surface area contributed by atoms with E-state index in [2.05, 4.69) is 19.9 Å². The minimum Gasteiger partial charge on any atom is -0.480 e. The van der Waals surface area contributed by atoms with Gasteiger partial charge in [0.1, 0.15) is 11.4 Å². The molecule has 0 saturated heterocycles.